The second-order valence-corrected chi connectivity index (χ2v) is 22.7. The van der Waals surface area contributed by atoms with Gasteiger partial charge in [0.05, 0.1) is 73.9 Å². The smallest absolute Gasteiger partial charge is 0.348 e. The molecule has 9 aromatic rings. The number of aromatic nitrogens is 6. The molecular formula is C65H80N6O21S3. The lowest BCUT2D eigenvalue weighted by molar-refractivity contribution is -0.138. The number of carboxylic acid groups (broad SMARTS) is 3. The molecule has 0 bridgehead atoms. The number of carbonyl (C=O) groups is 6. The van der Waals surface area contributed by atoms with Crippen LogP contribution < -0.4 is 33.7 Å². The van der Waals surface area contributed by atoms with Gasteiger partial charge >= 0.3 is 52.9 Å². The van der Waals surface area contributed by atoms with E-state index in [1.165, 1.54) is 0 Å². The van der Waals surface area contributed by atoms with Crippen LogP contribution in [0.3, 0.4) is 0 Å². The fourth-order valence-electron chi connectivity index (χ4n) is 9.53. The SMILES string of the molecule is C.C.C.C.C.CCOC(=O)c1sc2c(c1C)c(=O)n(CC(=O)O)c(=O)n2CC(O)c1ccccc1.CCOC(=O)c1sc2c(c1C)c(=O)n(CC(=O)O)c(=O)n2C[C@@H](O)c1ccccc1.CCOC(=O)c1sc2c(c1C)c(=O)n(CC(=O)O)c(=O)n2C[C@H](O)c1ccccc1. The second kappa shape index (κ2) is 35.5. The summed E-state index contributed by atoms with van der Waals surface area (Å²) < 4.78 is 20.3. The first kappa shape index (κ1) is 81.4. The third kappa shape index (κ3) is 17.8. The Morgan fingerprint density at radius 3 is 0.779 bits per heavy atom. The molecule has 0 amide bonds. The van der Waals surface area contributed by atoms with Crippen LogP contribution >= 0.6 is 34.0 Å². The minimum atomic E-state index is -1.36. The number of aryl methyl sites for hydroxylation is 3. The summed E-state index contributed by atoms with van der Waals surface area (Å²) in [5, 5.41) is 59.5. The summed E-state index contributed by atoms with van der Waals surface area (Å²) >= 11 is 2.72. The number of thiophene rings is 3. The summed E-state index contributed by atoms with van der Waals surface area (Å²) in [6, 6.07) is 25.8. The highest BCUT2D eigenvalue weighted by atomic mass is 32.1. The molecular weight excluding hydrogens is 1300 g/mol. The monoisotopic (exact) mass is 1380 g/mol. The van der Waals surface area contributed by atoms with E-state index >= 15 is 0 Å². The third-order valence-electron chi connectivity index (χ3n) is 13.8. The number of ether oxygens (including phenoxy) is 3. The van der Waals surface area contributed by atoms with Crippen molar-refractivity contribution in [1.29, 1.82) is 0 Å². The number of aliphatic hydroxyl groups excluding tert-OH is 3. The number of rotatable bonds is 21. The molecule has 0 spiro atoms. The van der Waals surface area contributed by atoms with Crippen LogP contribution in [0.5, 0.6) is 0 Å². The lowest BCUT2D eigenvalue weighted by Crippen LogP contribution is -2.42. The summed E-state index contributed by atoms with van der Waals surface area (Å²) in [5.41, 5.74) is -2.45. The highest BCUT2D eigenvalue weighted by molar-refractivity contribution is 7.21. The molecule has 0 aliphatic heterocycles. The molecule has 514 valence electrons. The summed E-state index contributed by atoms with van der Waals surface area (Å²) in [6.07, 6.45) is -3.26. The van der Waals surface area contributed by atoms with Crippen LogP contribution in [0.2, 0.25) is 0 Å². The van der Waals surface area contributed by atoms with Crippen LogP contribution in [-0.4, -0.2) is 114 Å². The lowest BCUT2D eigenvalue weighted by atomic mass is 10.1. The zero-order valence-electron chi connectivity index (χ0n) is 49.0. The number of aliphatic carboxylic acids is 3. The van der Waals surface area contributed by atoms with Crippen LogP contribution in [0, 0.1) is 20.8 Å². The number of fused-ring (bicyclic) bond motifs is 3. The van der Waals surface area contributed by atoms with E-state index in [1.54, 1.807) is 133 Å². The van der Waals surface area contributed by atoms with Gasteiger partial charge in [-0.2, -0.15) is 0 Å². The van der Waals surface area contributed by atoms with E-state index in [2.05, 4.69) is 0 Å². The molecule has 0 saturated heterocycles. The Bertz CT molecular complexity index is 4130. The molecule has 6 aromatic heterocycles. The van der Waals surface area contributed by atoms with Crippen molar-refractivity contribution >= 4 is 100 Å². The molecule has 3 atom stereocenters. The molecule has 3 aromatic carbocycles. The number of hydrogen-bond donors (Lipinski definition) is 6. The molecule has 27 nitrogen and oxygen atoms in total. The van der Waals surface area contributed by atoms with Crippen molar-refractivity contribution in [2.24, 2.45) is 0 Å². The quantitative estimate of drug-likeness (QED) is 0.0295. The maximum atomic E-state index is 13.0. The summed E-state index contributed by atoms with van der Waals surface area (Å²) in [6.45, 7) is 6.80. The zero-order valence-corrected chi connectivity index (χ0v) is 51.4. The third-order valence-corrected chi connectivity index (χ3v) is 17.6. The van der Waals surface area contributed by atoms with Gasteiger partial charge in [-0.1, -0.05) is 128 Å². The molecule has 9 rings (SSSR count). The van der Waals surface area contributed by atoms with Crippen LogP contribution in [0.4, 0.5) is 0 Å². The summed E-state index contributed by atoms with van der Waals surface area (Å²) in [4.78, 5) is 149. The highest BCUT2D eigenvalue weighted by Gasteiger charge is 2.29. The van der Waals surface area contributed by atoms with Gasteiger partial charge in [0.15, 0.2) is 0 Å². The first-order valence-electron chi connectivity index (χ1n) is 27.4. The molecule has 0 radical (unpaired) electrons. The van der Waals surface area contributed by atoms with Crippen LogP contribution in [0.1, 0.15) is 139 Å². The van der Waals surface area contributed by atoms with Gasteiger partial charge in [0.2, 0.25) is 0 Å². The maximum absolute atomic E-state index is 13.0. The van der Waals surface area contributed by atoms with E-state index in [4.69, 9.17) is 29.5 Å². The highest BCUT2D eigenvalue weighted by Crippen LogP contribution is 2.33. The number of benzene rings is 3. The zero-order chi connectivity index (χ0) is 66.0. The molecule has 0 saturated carbocycles. The van der Waals surface area contributed by atoms with E-state index in [0.717, 1.165) is 47.7 Å². The predicted octanol–water partition coefficient (Wildman–Crippen LogP) is 7.76. The van der Waals surface area contributed by atoms with E-state index in [1.807, 2.05) is 0 Å². The Morgan fingerprint density at radius 1 is 0.379 bits per heavy atom. The molecule has 1 unspecified atom stereocenters. The number of carbonyl (C=O) groups excluding carboxylic acids is 3. The maximum Gasteiger partial charge on any atom is 0.348 e. The second-order valence-electron chi connectivity index (χ2n) is 19.7. The Balaban J connectivity index is 0.000000473. The van der Waals surface area contributed by atoms with Gasteiger partial charge in [0.1, 0.15) is 48.8 Å². The first-order chi connectivity index (χ1) is 42.8. The fourth-order valence-corrected chi connectivity index (χ4v) is 13.1. The minimum absolute atomic E-state index is 0. The molecule has 0 aliphatic rings. The van der Waals surface area contributed by atoms with E-state index in [9.17, 15) is 72.9 Å². The van der Waals surface area contributed by atoms with Gasteiger partial charge in [-0.05, 0) is 74.9 Å². The standard InChI is InChI=1S/3C20H20N2O7S.5CH4/c3*1-3-29-19(27)16-11(2)15-17(26)21(10-14(24)25)20(28)22(18(15)30-16)9-13(23)12-7-5-4-6-8-12;;;;;/h3*4-8,13,23H,3,9-10H2,1-2H3,(H,24,25);5*1H4/t2*13-;;;;;;/m10....../s1. The average Bonchev–Trinajstić information content (AvgIpc) is 1.66. The van der Waals surface area contributed by atoms with Gasteiger partial charge in [-0.3, -0.25) is 42.5 Å². The summed E-state index contributed by atoms with van der Waals surface area (Å²) in [7, 11) is 0. The molecule has 0 aliphatic carbocycles. The first-order valence-corrected chi connectivity index (χ1v) is 29.9. The van der Waals surface area contributed by atoms with Crippen molar-refractivity contribution in [1.82, 2.24) is 27.4 Å². The lowest BCUT2D eigenvalue weighted by Gasteiger charge is -2.15. The van der Waals surface area contributed by atoms with Gasteiger partial charge < -0.3 is 44.8 Å². The molecule has 6 heterocycles. The van der Waals surface area contributed by atoms with Gasteiger partial charge in [-0.15, -0.1) is 34.0 Å². The van der Waals surface area contributed by atoms with Crippen LogP contribution in [-0.2, 0) is 67.9 Å². The Labute approximate surface area is 556 Å². The molecule has 0 fully saturated rings. The van der Waals surface area contributed by atoms with E-state index in [0.29, 0.717) is 47.1 Å². The molecule has 30 heteroatoms. The minimum Gasteiger partial charge on any atom is -0.480 e. The van der Waals surface area contributed by atoms with Crippen molar-refractivity contribution in [3.05, 3.63) is 202 Å². The Kier molecular flexibility index (Phi) is 30.4. The number of hydrogen-bond acceptors (Lipinski definition) is 21. The summed E-state index contributed by atoms with van der Waals surface area (Å²) in [5.74, 6) is -5.99. The Hall–Kier alpha value is -9.72. The number of carboxylic acids is 3. The normalized spacial score (nSPS) is 11.5. The number of nitrogens with zero attached hydrogens (tertiary/aromatic N) is 6. The van der Waals surface area contributed by atoms with E-state index in [-0.39, 0.29) is 122 Å². The fraction of sp³-hybridized carbons (Fsp3) is 0.354. The average molecular weight is 1380 g/mol. The topological polar surface area (TPSA) is 383 Å². The van der Waals surface area contributed by atoms with Crippen molar-refractivity contribution in [2.75, 3.05) is 19.8 Å². The van der Waals surface area contributed by atoms with Gasteiger partial charge in [-0.25, -0.2) is 42.5 Å². The van der Waals surface area contributed by atoms with Crippen LogP contribution in [0.25, 0.3) is 30.6 Å². The van der Waals surface area contributed by atoms with Gasteiger partial charge in [0.25, 0.3) is 16.7 Å². The number of aliphatic hydroxyl groups is 3. The largest absolute Gasteiger partial charge is 0.480 e. The molecule has 6 N–H and O–H groups in total. The Morgan fingerprint density at radius 2 is 0.589 bits per heavy atom. The van der Waals surface area contributed by atoms with Crippen LogP contribution in [0.15, 0.2) is 120 Å². The van der Waals surface area contributed by atoms with Gasteiger partial charge in [0, 0.05) is 0 Å². The van der Waals surface area contributed by atoms with Crippen molar-refractivity contribution < 1.29 is 73.6 Å². The van der Waals surface area contributed by atoms with Crippen molar-refractivity contribution in [2.45, 2.75) is 136 Å². The number of esters is 3. The van der Waals surface area contributed by atoms with Crippen molar-refractivity contribution in [3.8, 4) is 0 Å². The predicted molar refractivity (Wildman–Crippen MR) is 364 cm³/mol. The van der Waals surface area contributed by atoms with E-state index < -0.39 is 108 Å². The van der Waals surface area contributed by atoms with Crippen molar-refractivity contribution in [3.63, 3.8) is 0 Å². The molecule has 95 heavy (non-hydrogen) atoms.